The Labute approximate surface area is 227 Å². The minimum absolute atomic E-state index is 0.364. The van der Waals surface area contributed by atoms with Crippen LogP contribution < -0.4 is 20.0 Å². The molecule has 37 heavy (non-hydrogen) atoms. The van der Waals surface area contributed by atoms with Crippen LogP contribution in [0.15, 0.2) is 47.6 Å². The van der Waals surface area contributed by atoms with E-state index in [-0.39, 0.29) is 0 Å². The van der Waals surface area contributed by atoms with Gasteiger partial charge in [0.15, 0.2) is 0 Å². The number of aromatic nitrogens is 3. The van der Waals surface area contributed by atoms with Crippen molar-refractivity contribution in [1.82, 2.24) is 15.0 Å². The van der Waals surface area contributed by atoms with Crippen molar-refractivity contribution in [3.63, 3.8) is 0 Å². The van der Waals surface area contributed by atoms with Gasteiger partial charge in [-0.15, -0.1) is 0 Å². The van der Waals surface area contributed by atoms with Crippen molar-refractivity contribution < 1.29 is 4.74 Å². The number of anilines is 3. The predicted molar refractivity (Wildman–Crippen MR) is 150 cm³/mol. The third-order valence-corrected chi connectivity index (χ3v) is 7.14. The van der Waals surface area contributed by atoms with Crippen LogP contribution in [0.3, 0.4) is 0 Å². The number of ether oxygens (including phenoxy) is 1. The average Bonchev–Trinajstić information content (AvgIpc) is 2.94. The van der Waals surface area contributed by atoms with Gasteiger partial charge in [0, 0.05) is 41.8 Å². The smallest absolute Gasteiger partial charge is 0.250 e. The summed E-state index contributed by atoms with van der Waals surface area (Å²) in [6.45, 7) is 4.27. The predicted octanol–water partition coefficient (Wildman–Crippen LogP) is 6.18. The zero-order valence-electron chi connectivity index (χ0n) is 20.7. The Balaban J connectivity index is 1.23. The van der Waals surface area contributed by atoms with E-state index >= 15 is 0 Å². The van der Waals surface area contributed by atoms with Crippen molar-refractivity contribution >= 4 is 47.3 Å². The Morgan fingerprint density at radius 3 is 2.03 bits per heavy atom. The van der Waals surface area contributed by atoms with Crippen molar-refractivity contribution in [2.24, 2.45) is 5.10 Å². The van der Waals surface area contributed by atoms with Gasteiger partial charge in [0.25, 0.3) is 0 Å². The van der Waals surface area contributed by atoms with Crippen LogP contribution in [-0.2, 0) is 6.61 Å². The van der Waals surface area contributed by atoms with Gasteiger partial charge in [-0.05, 0) is 80.5 Å². The summed E-state index contributed by atoms with van der Waals surface area (Å²) < 4.78 is 5.86. The molecule has 194 valence electrons. The quantitative estimate of drug-likeness (QED) is 0.270. The van der Waals surface area contributed by atoms with Gasteiger partial charge in [0.2, 0.25) is 17.8 Å². The van der Waals surface area contributed by atoms with Gasteiger partial charge in [0.1, 0.15) is 12.4 Å². The van der Waals surface area contributed by atoms with Crippen LogP contribution in [0.5, 0.6) is 5.75 Å². The van der Waals surface area contributed by atoms with Gasteiger partial charge in [-0.1, -0.05) is 29.3 Å². The molecule has 10 heteroatoms. The minimum Gasteiger partial charge on any atom is -0.489 e. The van der Waals surface area contributed by atoms with Crippen molar-refractivity contribution in [2.75, 3.05) is 41.4 Å². The first-order valence-electron chi connectivity index (χ1n) is 12.9. The fourth-order valence-electron chi connectivity index (χ4n) is 4.49. The number of piperidine rings is 2. The molecule has 2 saturated heterocycles. The molecule has 2 aliphatic heterocycles. The molecule has 0 radical (unpaired) electrons. The molecule has 0 aliphatic carbocycles. The molecule has 1 N–H and O–H groups in total. The van der Waals surface area contributed by atoms with E-state index in [9.17, 15) is 0 Å². The van der Waals surface area contributed by atoms with Crippen LogP contribution in [0.2, 0.25) is 10.0 Å². The monoisotopic (exact) mass is 539 g/mol. The second-order valence-corrected chi connectivity index (χ2v) is 10.2. The molecule has 3 heterocycles. The summed E-state index contributed by atoms with van der Waals surface area (Å²) >= 11 is 12.2. The molecular formula is C27H31Cl2N7O. The molecule has 0 atom stereocenters. The number of nitrogens with one attached hydrogen (secondary N) is 1. The molecule has 0 amide bonds. The third-order valence-electron chi connectivity index (χ3n) is 6.56. The van der Waals surface area contributed by atoms with E-state index in [0.717, 1.165) is 80.6 Å². The van der Waals surface area contributed by atoms with E-state index in [4.69, 9.17) is 32.9 Å². The lowest BCUT2D eigenvalue weighted by Gasteiger charge is -2.30. The van der Waals surface area contributed by atoms with Gasteiger partial charge < -0.3 is 14.5 Å². The SMILES string of the molecule is Clc1ccc(COc2ccc(/C=N\Nc3nc(N4CCCCC4)nc(N4CCCCC4)n3)cc2)c(Cl)c1. The molecule has 2 aliphatic rings. The lowest BCUT2D eigenvalue weighted by Crippen LogP contribution is -2.34. The van der Waals surface area contributed by atoms with Gasteiger partial charge >= 0.3 is 0 Å². The highest BCUT2D eigenvalue weighted by Gasteiger charge is 2.20. The van der Waals surface area contributed by atoms with E-state index in [1.165, 1.54) is 12.8 Å². The minimum atomic E-state index is 0.364. The second-order valence-electron chi connectivity index (χ2n) is 9.32. The molecule has 0 saturated carbocycles. The normalized spacial score (nSPS) is 16.3. The van der Waals surface area contributed by atoms with Crippen molar-refractivity contribution in [3.05, 3.63) is 63.6 Å². The summed E-state index contributed by atoms with van der Waals surface area (Å²) in [7, 11) is 0. The summed E-state index contributed by atoms with van der Waals surface area (Å²) in [4.78, 5) is 18.7. The van der Waals surface area contributed by atoms with Gasteiger partial charge in [0.05, 0.1) is 6.21 Å². The third kappa shape index (κ3) is 7.02. The maximum absolute atomic E-state index is 6.23. The largest absolute Gasteiger partial charge is 0.489 e. The lowest BCUT2D eigenvalue weighted by atomic mass is 10.1. The highest BCUT2D eigenvalue weighted by Crippen LogP contribution is 2.24. The highest BCUT2D eigenvalue weighted by molar-refractivity contribution is 6.35. The van der Waals surface area contributed by atoms with Crippen molar-refractivity contribution in [2.45, 2.75) is 45.1 Å². The van der Waals surface area contributed by atoms with Gasteiger partial charge in [-0.2, -0.15) is 20.1 Å². The molecule has 0 unspecified atom stereocenters. The second kappa shape index (κ2) is 12.4. The molecule has 0 spiro atoms. The van der Waals surface area contributed by atoms with Crippen molar-refractivity contribution in [3.8, 4) is 5.75 Å². The first-order valence-corrected chi connectivity index (χ1v) is 13.6. The standard InChI is InChI=1S/C27H31Cl2N7O/c28-22-10-9-21(24(29)17-22)19-37-23-11-7-20(8-12-23)18-30-34-25-31-26(35-13-3-1-4-14-35)33-27(32-25)36-15-5-2-6-16-36/h7-12,17-18H,1-6,13-16,19H2,(H,31,32,33,34)/b30-18-. The van der Waals surface area contributed by atoms with Crippen LogP contribution in [0.4, 0.5) is 17.8 Å². The number of hydrogen-bond donors (Lipinski definition) is 1. The van der Waals surface area contributed by atoms with Crippen LogP contribution in [0.1, 0.15) is 49.7 Å². The number of hydrogen-bond acceptors (Lipinski definition) is 8. The number of halogens is 2. The molecule has 0 bridgehead atoms. The highest BCUT2D eigenvalue weighted by atomic mass is 35.5. The topological polar surface area (TPSA) is 78.8 Å². The number of nitrogens with zero attached hydrogens (tertiary/aromatic N) is 6. The summed E-state index contributed by atoms with van der Waals surface area (Å²) in [5.74, 6) is 2.67. The fraction of sp³-hybridized carbons (Fsp3) is 0.407. The summed E-state index contributed by atoms with van der Waals surface area (Å²) in [5.41, 5.74) is 4.82. The first-order chi connectivity index (χ1) is 18.1. The molecule has 2 aromatic carbocycles. The molecule has 5 rings (SSSR count). The van der Waals surface area contributed by atoms with Crippen LogP contribution in [-0.4, -0.2) is 47.3 Å². The van der Waals surface area contributed by atoms with E-state index in [1.54, 1.807) is 18.3 Å². The Morgan fingerprint density at radius 1 is 0.811 bits per heavy atom. The van der Waals surface area contributed by atoms with Crippen LogP contribution in [0.25, 0.3) is 0 Å². The molecule has 3 aromatic rings. The lowest BCUT2D eigenvalue weighted by molar-refractivity contribution is 0.306. The summed E-state index contributed by atoms with van der Waals surface area (Å²) in [6.07, 6.45) is 8.92. The zero-order valence-corrected chi connectivity index (χ0v) is 22.3. The number of benzene rings is 2. The average molecular weight is 540 g/mol. The fourth-order valence-corrected chi connectivity index (χ4v) is 4.95. The van der Waals surface area contributed by atoms with E-state index < -0.39 is 0 Å². The van der Waals surface area contributed by atoms with Crippen LogP contribution in [0, 0.1) is 0 Å². The first kappa shape index (κ1) is 25.5. The van der Waals surface area contributed by atoms with Crippen LogP contribution >= 0.6 is 23.2 Å². The Bertz CT molecular complexity index is 1170. The number of hydrazone groups is 1. The van der Waals surface area contributed by atoms with E-state index in [1.807, 2.05) is 30.3 Å². The number of rotatable bonds is 8. The van der Waals surface area contributed by atoms with Gasteiger partial charge in [-0.25, -0.2) is 5.43 Å². The Morgan fingerprint density at radius 2 is 1.43 bits per heavy atom. The van der Waals surface area contributed by atoms with Crippen molar-refractivity contribution in [1.29, 1.82) is 0 Å². The Kier molecular flexibility index (Phi) is 8.58. The molecule has 1 aromatic heterocycles. The maximum Gasteiger partial charge on any atom is 0.250 e. The molecule has 8 nitrogen and oxygen atoms in total. The summed E-state index contributed by atoms with van der Waals surface area (Å²) in [5, 5.41) is 5.59. The molecule has 2 fully saturated rings. The Hall–Kier alpha value is -3.10. The zero-order chi connectivity index (χ0) is 25.5. The maximum atomic E-state index is 6.23. The van der Waals surface area contributed by atoms with Gasteiger partial charge in [-0.3, -0.25) is 0 Å². The molecular weight excluding hydrogens is 509 g/mol. The van der Waals surface area contributed by atoms with E-state index in [2.05, 4.69) is 30.3 Å². The summed E-state index contributed by atoms with van der Waals surface area (Å²) in [6, 6.07) is 13.1. The van der Waals surface area contributed by atoms with E-state index in [0.29, 0.717) is 22.6 Å².